The topological polar surface area (TPSA) is 74.8 Å². The Hall–Kier alpha value is -3.19. The molecular weight excluding hydrogens is 368 g/mol. The minimum absolute atomic E-state index is 0.00206. The predicted octanol–water partition coefficient (Wildman–Crippen LogP) is 2.42. The monoisotopic (exact) mass is 394 g/mol. The van der Waals surface area contributed by atoms with Gasteiger partial charge < -0.3 is 19.9 Å². The predicted molar refractivity (Wildman–Crippen MR) is 114 cm³/mol. The zero-order valence-electron chi connectivity index (χ0n) is 16.6. The molecule has 1 saturated heterocycles. The Morgan fingerprint density at radius 1 is 1.21 bits per heavy atom. The van der Waals surface area contributed by atoms with Crippen LogP contribution in [0.25, 0.3) is 6.08 Å². The van der Waals surface area contributed by atoms with Gasteiger partial charge in [-0.3, -0.25) is 14.6 Å². The molecule has 1 aromatic heterocycles. The van der Waals surface area contributed by atoms with E-state index in [0.29, 0.717) is 12.2 Å². The van der Waals surface area contributed by atoms with Gasteiger partial charge in [-0.25, -0.2) is 0 Å². The fourth-order valence-corrected chi connectivity index (χ4v) is 3.04. The molecular formula is C22H26N4O3. The number of anilines is 2. The summed E-state index contributed by atoms with van der Waals surface area (Å²) in [7, 11) is 0. The van der Waals surface area contributed by atoms with Gasteiger partial charge in [0.2, 0.25) is 11.8 Å². The van der Waals surface area contributed by atoms with Gasteiger partial charge in [0.05, 0.1) is 13.2 Å². The van der Waals surface area contributed by atoms with Gasteiger partial charge in [0.25, 0.3) is 0 Å². The van der Waals surface area contributed by atoms with E-state index in [1.807, 2.05) is 37.3 Å². The van der Waals surface area contributed by atoms with E-state index < -0.39 is 0 Å². The van der Waals surface area contributed by atoms with Gasteiger partial charge in [-0.15, -0.1) is 0 Å². The van der Waals surface area contributed by atoms with Gasteiger partial charge in [0, 0.05) is 49.5 Å². The summed E-state index contributed by atoms with van der Waals surface area (Å²) in [6.07, 6.45) is 6.51. The first kappa shape index (κ1) is 20.5. The number of carbonyl (C=O) groups excluding carboxylic acids is 2. The van der Waals surface area contributed by atoms with Crippen LogP contribution in [0.15, 0.2) is 54.9 Å². The van der Waals surface area contributed by atoms with Crippen LogP contribution in [0.4, 0.5) is 11.4 Å². The van der Waals surface area contributed by atoms with Crippen LogP contribution >= 0.6 is 0 Å². The largest absolute Gasteiger partial charge is 0.378 e. The van der Waals surface area contributed by atoms with Gasteiger partial charge in [-0.1, -0.05) is 6.07 Å². The summed E-state index contributed by atoms with van der Waals surface area (Å²) >= 11 is 0. The number of hydrogen-bond acceptors (Lipinski definition) is 5. The van der Waals surface area contributed by atoms with Crippen LogP contribution in [-0.4, -0.2) is 61.1 Å². The highest BCUT2D eigenvalue weighted by Crippen LogP contribution is 2.19. The Morgan fingerprint density at radius 3 is 2.62 bits per heavy atom. The zero-order chi connectivity index (χ0) is 20.5. The van der Waals surface area contributed by atoms with Crippen LogP contribution in [-0.2, 0) is 14.3 Å². The maximum Gasteiger partial charge on any atom is 0.247 e. The molecule has 152 valence electrons. The summed E-state index contributed by atoms with van der Waals surface area (Å²) in [4.78, 5) is 32.5. The fourth-order valence-electron chi connectivity index (χ4n) is 3.04. The normalized spacial score (nSPS) is 14.0. The first-order valence-corrected chi connectivity index (χ1v) is 9.75. The summed E-state index contributed by atoms with van der Waals surface area (Å²) in [5.41, 5.74) is 2.65. The number of hydrogen-bond donors (Lipinski definition) is 1. The summed E-state index contributed by atoms with van der Waals surface area (Å²) in [5, 5.41) is 2.86. The third-order valence-corrected chi connectivity index (χ3v) is 4.66. The molecule has 0 spiro atoms. The average molecular weight is 394 g/mol. The van der Waals surface area contributed by atoms with Crippen molar-refractivity contribution in [2.75, 3.05) is 49.6 Å². The van der Waals surface area contributed by atoms with E-state index in [-0.39, 0.29) is 18.4 Å². The highest BCUT2D eigenvalue weighted by Gasteiger charge is 2.14. The molecule has 7 nitrogen and oxygen atoms in total. The number of amides is 2. The number of rotatable bonds is 7. The maximum atomic E-state index is 12.4. The minimum Gasteiger partial charge on any atom is -0.378 e. The Labute approximate surface area is 171 Å². The van der Waals surface area contributed by atoms with E-state index in [4.69, 9.17) is 4.74 Å². The summed E-state index contributed by atoms with van der Waals surface area (Å²) in [6, 6.07) is 11.4. The molecule has 0 atom stereocenters. The number of likely N-dealkylation sites (N-methyl/N-ethyl adjacent to an activating group) is 1. The van der Waals surface area contributed by atoms with Gasteiger partial charge in [0.15, 0.2) is 0 Å². The number of morpholine rings is 1. The molecule has 0 radical (unpaired) electrons. The Kier molecular flexibility index (Phi) is 7.35. The quantitative estimate of drug-likeness (QED) is 0.730. The van der Waals surface area contributed by atoms with Gasteiger partial charge >= 0.3 is 0 Å². The van der Waals surface area contributed by atoms with Crippen molar-refractivity contribution in [1.29, 1.82) is 0 Å². The second-order valence-electron chi connectivity index (χ2n) is 6.67. The van der Waals surface area contributed by atoms with Crippen LogP contribution in [0, 0.1) is 0 Å². The first-order valence-electron chi connectivity index (χ1n) is 9.75. The van der Waals surface area contributed by atoms with E-state index in [9.17, 15) is 9.59 Å². The smallest absolute Gasteiger partial charge is 0.247 e. The first-order chi connectivity index (χ1) is 14.2. The molecule has 1 N–H and O–H groups in total. The molecule has 1 aliphatic heterocycles. The molecule has 7 heteroatoms. The molecule has 1 aliphatic rings. The van der Waals surface area contributed by atoms with Crippen molar-refractivity contribution in [3.8, 4) is 0 Å². The van der Waals surface area contributed by atoms with Crippen molar-refractivity contribution in [1.82, 2.24) is 9.88 Å². The summed E-state index contributed by atoms with van der Waals surface area (Å²) < 4.78 is 5.37. The van der Waals surface area contributed by atoms with Gasteiger partial charge in [-0.2, -0.15) is 0 Å². The van der Waals surface area contributed by atoms with Crippen LogP contribution in [0.3, 0.4) is 0 Å². The lowest BCUT2D eigenvalue weighted by atomic mass is 10.2. The molecule has 0 saturated carbocycles. The van der Waals surface area contributed by atoms with E-state index in [1.165, 1.54) is 11.0 Å². The third kappa shape index (κ3) is 6.15. The summed E-state index contributed by atoms with van der Waals surface area (Å²) in [5.74, 6) is -0.441. The maximum absolute atomic E-state index is 12.4. The third-order valence-electron chi connectivity index (χ3n) is 4.66. The van der Waals surface area contributed by atoms with Crippen LogP contribution in [0.1, 0.15) is 12.5 Å². The number of benzene rings is 1. The molecule has 3 rings (SSSR count). The van der Waals surface area contributed by atoms with Crippen molar-refractivity contribution >= 4 is 29.3 Å². The van der Waals surface area contributed by atoms with Crippen LogP contribution in [0.5, 0.6) is 0 Å². The SMILES string of the molecule is CCN(CC(=O)Nc1ccc(N2CCOCC2)cc1)C(=O)/C=C/c1cccnc1. The molecule has 2 amide bonds. The number of nitrogens with one attached hydrogen (secondary N) is 1. The molecule has 29 heavy (non-hydrogen) atoms. The number of nitrogens with zero attached hydrogens (tertiary/aromatic N) is 3. The van der Waals surface area contributed by atoms with Gasteiger partial charge in [-0.05, 0) is 48.9 Å². The molecule has 2 aromatic rings. The fraction of sp³-hybridized carbons (Fsp3) is 0.318. The van der Waals surface area contributed by atoms with Crippen molar-refractivity contribution in [2.45, 2.75) is 6.92 Å². The molecule has 0 aliphatic carbocycles. The van der Waals surface area contributed by atoms with E-state index in [0.717, 1.165) is 37.6 Å². The van der Waals surface area contributed by atoms with Crippen molar-refractivity contribution in [2.24, 2.45) is 0 Å². The van der Waals surface area contributed by atoms with E-state index in [1.54, 1.807) is 24.5 Å². The highest BCUT2D eigenvalue weighted by molar-refractivity contribution is 5.98. The van der Waals surface area contributed by atoms with Crippen molar-refractivity contribution in [3.05, 3.63) is 60.4 Å². The molecule has 0 bridgehead atoms. The molecule has 2 heterocycles. The molecule has 1 aromatic carbocycles. The number of pyridine rings is 1. The lowest BCUT2D eigenvalue weighted by Gasteiger charge is -2.29. The van der Waals surface area contributed by atoms with Crippen molar-refractivity contribution < 1.29 is 14.3 Å². The second-order valence-corrected chi connectivity index (χ2v) is 6.67. The van der Waals surface area contributed by atoms with Gasteiger partial charge in [0.1, 0.15) is 6.54 Å². The Morgan fingerprint density at radius 2 is 1.97 bits per heavy atom. The summed E-state index contributed by atoms with van der Waals surface area (Å²) in [6.45, 7) is 5.48. The van der Waals surface area contributed by atoms with Crippen LogP contribution in [0.2, 0.25) is 0 Å². The number of aromatic nitrogens is 1. The number of carbonyl (C=O) groups is 2. The Bertz CT molecular complexity index is 831. The lowest BCUT2D eigenvalue weighted by Crippen LogP contribution is -2.37. The van der Waals surface area contributed by atoms with E-state index in [2.05, 4.69) is 15.2 Å². The highest BCUT2D eigenvalue weighted by atomic mass is 16.5. The lowest BCUT2D eigenvalue weighted by molar-refractivity contribution is -0.130. The average Bonchev–Trinajstić information content (AvgIpc) is 2.77. The van der Waals surface area contributed by atoms with Crippen molar-refractivity contribution in [3.63, 3.8) is 0 Å². The van der Waals surface area contributed by atoms with E-state index >= 15 is 0 Å². The standard InChI is InChI=1S/C22H26N4O3/c1-2-25(22(28)10-5-18-4-3-11-23-16-18)17-21(27)24-19-6-8-20(9-7-19)26-12-14-29-15-13-26/h3-11,16H,2,12-15,17H2,1H3,(H,24,27)/b10-5+. The minimum atomic E-state index is -0.228. The molecule has 1 fully saturated rings. The van der Waals surface area contributed by atoms with Crippen LogP contribution < -0.4 is 10.2 Å². The zero-order valence-corrected chi connectivity index (χ0v) is 16.6. The second kappa shape index (κ2) is 10.4. The molecule has 0 unspecified atom stereocenters. The Balaban J connectivity index is 1.52. The number of ether oxygens (including phenoxy) is 1.